The highest BCUT2D eigenvalue weighted by Crippen LogP contribution is 2.23. The fraction of sp³-hybridized carbons (Fsp3) is 1.00. The van der Waals surface area contributed by atoms with E-state index in [-0.39, 0.29) is 0 Å². The predicted molar refractivity (Wildman–Crippen MR) is 34.2 cm³/mol. The number of halogens is 1. The van der Waals surface area contributed by atoms with Crippen molar-refractivity contribution < 1.29 is 4.74 Å². The van der Waals surface area contributed by atoms with Crippen LogP contribution in [-0.2, 0) is 4.74 Å². The van der Waals surface area contributed by atoms with Gasteiger partial charge in [-0.3, -0.25) is 0 Å². The quantitative estimate of drug-likeness (QED) is 0.522. The molecule has 1 nitrogen and oxygen atoms in total. The molecule has 8 heavy (non-hydrogen) atoms. The van der Waals surface area contributed by atoms with E-state index in [9.17, 15) is 0 Å². The Morgan fingerprint density at radius 3 is 2.62 bits per heavy atom. The summed E-state index contributed by atoms with van der Waals surface area (Å²) in [6, 6.07) is 0. The van der Waals surface area contributed by atoms with E-state index < -0.39 is 0 Å². The Morgan fingerprint density at radius 1 is 1.75 bits per heavy atom. The lowest BCUT2D eigenvalue weighted by Gasteiger charge is -2.34. The Kier molecular flexibility index (Phi) is 2.15. The van der Waals surface area contributed by atoms with E-state index in [0.29, 0.717) is 12.0 Å². The van der Waals surface area contributed by atoms with E-state index in [1.54, 1.807) is 0 Å². The van der Waals surface area contributed by atoms with Crippen LogP contribution in [0.15, 0.2) is 0 Å². The predicted octanol–water partition coefficient (Wildman–Crippen LogP) is 1.65. The molecule has 0 aromatic rings. The maximum atomic E-state index is 5.60. The molecule has 0 radical (unpaired) electrons. The molecular formula is C6H11ClO. The first-order valence-corrected chi connectivity index (χ1v) is 3.59. The molecule has 1 saturated heterocycles. The molecule has 0 spiro atoms. The Labute approximate surface area is 55.0 Å². The molecule has 0 saturated carbocycles. The standard InChI is InChI=1S/C6H11ClO/c1-2-6-5(3-7)4-8-6/h5-6H,2-4H2,1H3/t5?,6-/m0/s1. The van der Waals surface area contributed by atoms with Gasteiger partial charge in [-0.05, 0) is 6.42 Å². The zero-order chi connectivity index (χ0) is 5.98. The summed E-state index contributed by atoms with van der Waals surface area (Å²) in [7, 11) is 0. The molecule has 2 heteroatoms. The second-order valence-electron chi connectivity index (χ2n) is 2.19. The van der Waals surface area contributed by atoms with Crippen LogP contribution in [-0.4, -0.2) is 18.6 Å². The van der Waals surface area contributed by atoms with Crippen LogP contribution in [0.2, 0.25) is 0 Å². The third kappa shape index (κ3) is 0.981. The first-order chi connectivity index (χ1) is 3.88. The van der Waals surface area contributed by atoms with Crippen LogP contribution >= 0.6 is 11.6 Å². The summed E-state index contributed by atoms with van der Waals surface area (Å²) in [4.78, 5) is 0. The number of alkyl halides is 1. The van der Waals surface area contributed by atoms with Gasteiger partial charge in [-0.2, -0.15) is 0 Å². The van der Waals surface area contributed by atoms with E-state index in [1.165, 1.54) is 0 Å². The molecule has 0 aliphatic carbocycles. The summed E-state index contributed by atoms with van der Waals surface area (Å²) in [5.74, 6) is 1.40. The minimum Gasteiger partial charge on any atom is -0.377 e. The summed E-state index contributed by atoms with van der Waals surface area (Å²) in [5.41, 5.74) is 0. The van der Waals surface area contributed by atoms with Crippen molar-refractivity contribution in [3.8, 4) is 0 Å². The van der Waals surface area contributed by atoms with Crippen molar-refractivity contribution in [1.82, 2.24) is 0 Å². The lowest BCUT2D eigenvalue weighted by Crippen LogP contribution is -2.40. The third-order valence-corrected chi connectivity index (χ3v) is 2.05. The van der Waals surface area contributed by atoms with E-state index in [2.05, 4.69) is 6.92 Å². The number of rotatable bonds is 2. The Bertz CT molecular complexity index is 60.9. The van der Waals surface area contributed by atoms with Crippen LogP contribution in [0.4, 0.5) is 0 Å². The zero-order valence-electron chi connectivity index (χ0n) is 5.06. The van der Waals surface area contributed by atoms with E-state index in [1.807, 2.05) is 0 Å². The van der Waals surface area contributed by atoms with E-state index >= 15 is 0 Å². The third-order valence-electron chi connectivity index (χ3n) is 1.65. The van der Waals surface area contributed by atoms with E-state index in [4.69, 9.17) is 16.3 Å². The molecule has 0 aromatic carbocycles. The van der Waals surface area contributed by atoms with Gasteiger partial charge in [-0.15, -0.1) is 11.6 Å². The zero-order valence-corrected chi connectivity index (χ0v) is 5.82. The average molecular weight is 135 g/mol. The van der Waals surface area contributed by atoms with Crippen molar-refractivity contribution in [2.45, 2.75) is 19.4 Å². The van der Waals surface area contributed by atoms with Gasteiger partial charge in [0.15, 0.2) is 0 Å². The van der Waals surface area contributed by atoms with Crippen LogP contribution in [0.3, 0.4) is 0 Å². The molecule has 0 amide bonds. The van der Waals surface area contributed by atoms with Gasteiger partial charge < -0.3 is 4.74 Å². The molecule has 1 unspecified atom stereocenters. The van der Waals surface area contributed by atoms with Crippen LogP contribution < -0.4 is 0 Å². The highest BCUT2D eigenvalue weighted by atomic mass is 35.5. The fourth-order valence-corrected chi connectivity index (χ4v) is 1.25. The molecule has 1 heterocycles. The lowest BCUT2D eigenvalue weighted by atomic mass is 9.98. The Morgan fingerprint density at radius 2 is 2.50 bits per heavy atom. The number of ether oxygens (including phenoxy) is 1. The van der Waals surface area contributed by atoms with Gasteiger partial charge in [0, 0.05) is 11.8 Å². The number of hydrogen-bond donors (Lipinski definition) is 0. The summed E-state index contributed by atoms with van der Waals surface area (Å²) < 4.78 is 5.20. The molecule has 1 fully saturated rings. The molecule has 0 aromatic heterocycles. The smallest absolute Gasteiger partial charge is 0.0634 e. The Balaban J connectivity index is 2.16. The van der Waals surface area contributed by atoms with Crippen LogP contribution in [0, 0.1) is 5.92 Å². The van der Waals surface area contributed by atoms with Crippen molar-refractivity contribution >= 4 is 11.6 Å². The normalized spacial score (nSPS) is 36.8. The van der Waals surface area contributed by atoms with Crippen molar-refractivity contribution in [3.05, 3.63) is 0 Å². The molecule has 2 atom stereocenters. The molecule has 48 valence electrons. The molecule has 0 bridgehead atoms. The van der Waals surface area contributed by atoms with Crippen molar-refractivity contribution in [2.75, 3.05) is 12.5 Å². The molecule has 1 aliphatic heterocycles. The molecule has 0 N–H and O–H groups in total. The fourth-order valence-electron chi connectivity index (χ4n) is 0.963. The van der Waals surface area contributed by atoms with Gasteiger partial charge in [0.2, 0.25) is 0 Å². The van der Waals surface area contributed by atoms with Gasteiger partial charge in [-0.25, -0.2) is 0 Å². The first kappa shape index (κ1) is 6.37. The van der Waals surface area contributed by atoms with E-state index in [0.717, 1.165) is 18.9 Å². The largest absolute Gasteiger partial charge is 0.377 e. The van der Waals surface area contributed by atoms with Crippen molar-refractivity contribution in [1.29, 1.82) is 0 Å². The first-order valence-electron chi connectivity index (χ1n) is 3.06. The second kappa shape index (κ2) is 2.70. The second-order valence-corrected chi connectivity index (χ2v) is 2.50. The summed E-state index contributed by atoms with van der Waals surface area (Å²) in [6.45, 7) is 3.01. The van der Waals surface area contributed by atoms with Crippen molar-refractivity contribution in [3.63, 3.8) is 0 Å². The van der Waals surface area contributed by atoms with Gasteiger partial charge in [-0.1, -0.05) is 6.92 Å². The topological polar surface area (TPSA) is 9.23 Å². The molecule has 1 aliphatic rings. The lowest BCUT2D eigenvalue weighted by molar-refractivity contribution is -0.105. The minimum atomic E-state index is 0.465. The minimum absolute atomic E-state index is 0.465. The Hall–Kier alpha value is 0.250. The average Bonchev–Trinajstić information content (AvgIpc) is 1.66. The summed E-state index contributed by atoms with van der Waals surface area (Å²) in [6.07, 6.45) is 1.57. The van der Waals surface area contributed by atoms with Crippen LogP contribution in [0.5, 0.6) is 0 Å². The number of hydrogen-bond acceptors (Lipinski definition) is 1. The highest BCUT2D eigenvalue weighted by Gasteiger charge is 2.28. The van der Waals surface area contributed by atoms with Crippen molar-refractivity contribution in [2.24, 2.45) is 5.92 Å². The van der Waals surface area contributed by atoms with Crippen LogP contribution in [0.25, 0.3) is 0 Å². The maximum Gasteiger partial charge on any atom is 0.0634 e. The monoisotopic (exact) mass is 134 g/mol. The maximum absolute atomic E-state index is 5.60. The van der Waals surface area contributed by atoms with Gasteiger partial charge in [0.25, 0.3) is 0 Å². The molecular weight excluding hydrogens is 124 g/mol. The van der Waals surface area contributed by atoms with Gasteiger partial charge >= 0.3 is 0 Å². The SMILES string of the molecule is CC[C@@H]1OCC1CCl. The molecule has 1 rings (SSSR count). The van der Waals surface area contributed by atoms with Crippen LogP contribution in [0.1, 0.15) is 13.3 Å². The summed E-state index contributed by atoms with van der Waals surface area (Å²) >= 11 is 5.60. The van der Waals surface area contributed by atoms with Gasteiger partial charge in [0.1, 0.15) is 0 Å². The summed E-state index contributed by atoms with van der Waals surface area (Å²) in [5, 5.41) is 0. The highest BCUT2D eigenvalue weighted by molar-refractivity contribution is 6.18. The van der Waals surface area contributed by atoms with Gasteiger partial charge in [0.05, 0.1) is 12.7 Å².